The monoisotopic (exact) mass is 398 g/mol. The number of aryl methyl sites for hydroxylation is 2. The van der Waals surface area contributed by atoms with E-state index in [0.29, 0.717) is 5.75 Å². The minimum Gasteiger partial charge on any atom is -0.379 e. The van der Waals surface area contributed by atoms with Gasteiger partial charge in [-0.25, -0.2) is 0 Å². The molecule has 150 valence electrons. The van der Waals surface area contributed by atoms with Crippen molar-refractivity contribution in [1.82, 2.24) is 10.2 Å². The van der Waals surface area contributed by atoms with Gasteiger partial charge < -0.3 is 10.1 Å². The topological polar surface area (TPSA) is 41.6 Å². The molecular formula is C23H30N2O2S. The third-order valence-electron chi connectivity index (χ3n) is 5.29. The van der Waals surface area contributed by atoms with E-state index in [1.165, 1.54) is 16.7 Å². The van der Waals surface area contributed by atoms with Gasteiger partial charge in [0.1, 0.15) is 0 Å². The summed E-state index contributed by atoms with van der Waals surface area (Å²) in [5, 5.41) is 3.23. The number of thioether (sulfide) groups is 1. The van der Waals surface area contributed by atoms with Crippen molar-refractivity contribution in [2.24, 2.45) is 0 Å². The van der Waals surface area contributed by atoms with Gasteiger partial charge in [-0.15, -0.1) is 11.8 Å². The molecule has 0 spiro atoms. The molecule has 0 aliphatic carbocycles. The minimum absolute atomic E-state index is 0.0216. The first-order chi connectivity index (χ1) is 13.5. The van der Waals surface area contributed by atoms with Crippen molar-refractivity contribution >= 4 is 17.7 Å². The largest absolute Gasteiger partial charge is 0.379 e. The van der Waals surface area contributed by atoms with E-state index in [2.05, 4.69) is 73.5 Å². The van der Waals surface area contributed by atoms with Crippen LogP contribution in [-0.2, 0) is 9.53 Å². The van der Waals surface area contributed by atoms with Crippen LogP contribution in [-0.4, -0.2) is 48.9 Å². The highest BCUT2D eigenvalue weighted by atomic mass is 32.2. The molecule has 0 aromatic heterocycles. The van der Waals surface area contributed by atoms with E-state index in [0.717, 1.165) is 31.2 Å². The molecule has 3 rings (SSSR count). The van der Waals surface area contributed by atoms with E-state index >= 15 is 0 Å². The van der Waals surface area contributed by atoms with Gasteiger partial charge in [-0.3, -0.25) is 9.69 Å². The van der Waals surface area contributed by atoms with E-state index in [4.69, 9.17) is 4.74 Å². The van der Waals surface area contributed by atoms with Gasteiger partial charge in [0.15, 0.2) is 0 Å². The SMILES string of the molecule is Cc1ccc(SCC(=O)N[C@@H](C)[C@@H](c2ccccc2)N2CCOCC2)cc1C. The number of benzene rings is 2. The Morgan fingerprint density at radius 3 is 2.50 bits per heavy atom. The Labute approximate surface area is 172 Å². The smallest absolute Gasteiger partial charge is 0.230 e. The summed E-state index contributed by atoms with van der Waals surface area (Å²) in [5.41, 5.74) is 3.77. The van der Waals surface area contributed by atoms with Crippen molar-refractivity contribution in [3.05, 3.63) is 65.2 Å². The molecule has 0 bridgehead atoms. The Hall–Kier alpha value is -1.82. The molecule has 2 aromatic carbocycles. The normalized spacial score (nSPS) is 17.1. The van der Waals surface area contributed by atoms with Crippen LogP contribution in [0.15, 0.2) is 53.4 Å². The maximum absolute atomic E-state index is 12.6. The van der Waals surface area contributed by atoms with Crippen LogP contribution in [0.4, 0.5) is 0 Å². The molecule has 1 aliphatic heterocycles. The van der Waals surface area contributed by atoms with Gasteiger partial charge in [0, 0.05) is 24.0 Å². The first kappa shape index (κ1) is 20.9. The molecular weight excluding hydrogens is 368 g/mol. The summed E-state index contributed by atoms with van der Waals surface area (Å²) >= 11 is 1.59. The Bertz CT molecular complexity index is 775. The second kappa shape index (κ2) is 10.1. The fourth-order valence-corrected chi connectivity index (χ4v) is 4.45. The van der Waals surface area contributed by atoms with Crippen LogP contribution >= 0.6 is 11.8 Å². The Morgan fingerprint density at radius 1 is 1.11 bits per heavy atom. The van der Waals surface area contributed by atoms with Gasteiger partial charge in [0.25, 0.3) is 0 Å². The molecule has 5 heteroatoms. The molecule has 1 N–H and O–H groups in total. The van der Waals surface area contributed by atoms with Gasteiger partial charge in [-0.05, 0) is 49.6 Å². The Morgan fingerprint density at radius 2 is 1.82 bits per heavy atom. The number of nitrogens with one attached hydrogen (secondary N) is 1. The third kappa shape index (κ3) is 5.60. The zero-order valence-electron chi connectivity index (χ0n) is 17.0. The Kier molecular flexibility index (Phi) is 7.54. The molecule has 0 radical (unpaired) electrons. The van der Waals surface area contributed by atoms with E-state index in [-0.39, 0.29) is 18.0 Å². The van der Waals surface area contributed by atoms with Gasteiger partial charge in [-0.1, -0.05) is 36.4 Å². The van der Waals surface area contributed by atoms with Crippen LogP contribution in [0.3, 0.4) is 0 Å². The summed E-state index contributed by atoms with van der Waals surface area (Å²) in [5.74, 6) is 0.502. The van der Waals surface area contributed by atoms with Crippen LogP contribution < -0.4 is 5.32 Å². The van der Waals surface area contributed by atoms with E-state index < -0.39 is 0 Å². The first-order valence-electron chi connectivity index (χ1n) is 9.91. The number of rotatable bonds is 7. The molecule has 2 atom stereocenters. The zero-order valence-corrected chi connectivity index (χ0v) is 17.8. The van der Waals surface area contributed by atoms with Crippen molar-refractivity contribution in [3.63, 3.8) is 0 Å². The van der Waals surface area contributed by atoms with E-state index in [9.17, 15) is 4.79 Å². The maximum atomic E-state index is 12.6. The van der Waals surface area contributed by atoms with E-state index in [1.54, 1.807) is 11.8 Å². The van der Waals surface area contributed by atoms with Gasteiger partial charge >= 0.3 is 0 Å². The number of nitrogens with zero attached hydrogens (tertiary/aromatic N) is 1. The molecule has 1 aliphatic rings. The standard InChI is InChI=1S/C23H30N2O2S/c1-17-9-10-21(15-18(17)2)28-16-22(26)24-19(3)23(20-7-5-4-6-8-20)25-11-13-27-14-12-25/h4-10,15,19,23H,11-14,16H2,1-3H3,(H,24,26)/t19-,23-/m0/s1. The number of morpholine rings is 1. The lowest BCUT2D eigenvalue weighted by Gasteiger charge is -2.38. The summed E-state index contributed by atoms with van der Waals surface area (Å²) in [7, 11) is 0. The van der Waals surface area contributed by atoms with Crippen LogP contribution in [0.1, 0.15) is 29.7 Å². The predicted octanol–water partition coefficient (Wildman–Crippen LogP) is 3.97. The second-order valence-corrected chi connectivity index (χ2v) is 8.44. The summed E-state index contributed by atoms with van der Waals surface area (Å²) in [6, 6.07) is 17.0. The minimum atomic E-state index is 0.0216. The molecule has 1 amide bonds. The zero-order chi connectivity index (χ0) is 19.9. The average Bonchev–Trinajstić information content (AvgIpc) is 2.71. The fraction of sp³-hybridized carbons (Fsp3) is 0.435. The van der Waals surface area contributed by atoms with Gasteiger partial charge in [-0.2, -0.15) is 0 Å². The van der Waals surface area contributed by atoms with Gasteiger partial charge in [0.2, 0.25) is 5.91 Å². The molecule has 28 heavy (non-hydrogen) atoms. The van der Waals surface area contributed by atoms with Crippen molar-refractivity contribution in [1.29, 1.82) is 0 Å². The molecule has 1 heterocycles. The Balaban J connectivity index is 1.62. The highest BCUT2D eigenvalue weighted by Crippen LogP contribution is 2.26. The number of ether oxygens (including phenoxy) is 1. The van der Waals surface area contributed by atoms with Crippen molar-refractivity contribution in [2.45, 2.75) is 37.8 Å². The van der Waals surface area contributed by atoms with Crippen molar-refractivity contribution in [2.75, 3.05) is 32.1 Å². The lowest BCUT2D eigenvalue weighted by molar-refractivity contribution is -0.119. The highest BCUT2D eigenvalue weighted by Gasteiger charge is 2.28. The summed E-state index contributed by atoms with van der Waals surface area (Å²) in [6.07, 6.45) is 0. The van der Waals surface area contributed by atoms with Gasteiger partial charge in [0.05, 0.1) is 25.0 Å². The first-order valence-corrected chi connectivity index (χ1v) is 10.9. The molecule has 0 saturated carbocycles. The number of carbonyl (C=O) groups excluding carboxylic acids is 1. The maximum Gasteiger partial charge on any atom is 0.230 e. The van der Waals surface area contributed by atoms with Crippen LogP contribution in [0.5, 0.6) is 0 Å². The van der Waals surface area contributed by atoms with Crippen LogP contribution in [0.25, 0.3) is 0 Å². The van der Waals surface area contributed by atoms with Crippen LogP contribution in [0.2, 0.25) is 0 Å². The molecule has 1 saturated heterocycles. The highest BCUT2D eigenvalue weighted by molar-refractivity contribution is 8.00. The number of amides is 1. The van der Waals surface area contributed by atoms with Crippen LogP contribution in [0, 0.1) is 13.8 Å². The molecule has 1 fully saturated rings. The number of hydrogen-bond acceptors (Lipinski definition) is 4. The summed E-state index contributed by atoms with van der Waals surface area (Å²) in [6.45, 7) is 9.57. The number of hydrogen-bond donors (Lipinski definition) is 1. The summed E-state index contributed by atoms with van der Waals surface area (Å²) < 4.78 is 5.52. The van der Waals surface area contributed by atoms with Crippen molar-refractivity contribution < 1.29 is 9.53 Å². The third-order valence-corrected chi connectivity index (χ3v) is 6.28. The predicted molar refractivity (Wildman–Crippen MR) is 116 cm³/mol. The lowest BCUT2D eigenvalue weighted by atomic mass is 9.98. The summed E-state index contributed by atoms with van der Waals surface area (Å²) in [4.78, 5) is 16.2. The quantitative estimate of drug-likeness (QED) is 0.717. The molecule has 2 aromatic rings. The molecule has 0 unspecified atom stereocenters. The van der Waals surface area contributed by atoms with E-state index in [1.807, 2.05) is 6.07 Å². The fourth-order valence-electron chi connectivity index (χ4n) is 3.65. The lowest BCUT2D eigenvalue weighted by Crippen LogP contribution is -2.48. The van der Waals surface area contributed by atoms with Crippen molar-refractivity contribution in [3.8, 4) is 0 Å². The molecule has 4 nitrogen and oxygen atoms in total. The second-order valence-electron chi connectivity index (χ2n) is 7.39. The average molecular weight is 399 g/mol. The number of carbonyl (C=O) groups is 1.